The molecule has 0 radical (unpaired) electrons. The zero-order valence-corrected chi connectivity index (χ0v) is 18.3. The summed E-state index contributed by atoms with van der Waals surface area (Å²) in [5.41, 5.74) is 1.13. The molecule has 1 atom stereocenters. The summed E-state index contributed by atoms with van der Waals surface area (Å²) in [5.74, 6) is 0.673. The van der Waals surface area contributed by atoms with Gasteiger partial charge in [0.2, 0.25) is 11.8 Å². The van der Waals surface area contributed by atoms with Gasteiger partial charge in [0.25, 0.3) is 0 Å². The van der Waals surface area contributed by atoms with Gasteiger partial charge >= 0.3 is 5.97 Å². The van der Waals surface area contributed by atoms with Gasteiger partial charge in [-0.25, -0.2) is 9.78 Å². The van der Waals surface area contributed by atoms with Crippen molar-refractivity contribution in [1.29, 1.82) is 0 Å². The summed E-state index contributed by atoms with van der Waals surface area (Å²) in [6.45, 7) is 2.01. The Hall–Kier alpha value is -2.59. The molecule has 0 spiro atoms. The highest BCUT2D eigenvalue weighted by molar-refractivity contribution is 8.01. The number of anilines is 2. The van der Waals surface area contributed by atoms with Crippen LogP contribution in [0.3, 0.4) is 0 Å². The maximum atomic E-state index is 12.8. The highest BCUT2D eigenvalue weighted by Crippen LogP contribution is 2.45. The smallest absolute Gasteiger partial charge is 0.343 e. The van der Waals surface area contributed by atoms with Crippen molar-refractivity contribution in [1.82, 2.24) is 9.88 Å². The van der Waals surface area contributed by atoms with Crippen LogP contribution < -0.4 is 9.64 Å². The molecule has 2 aromatic rings. The van der Waals surface area contributed by atoms with Gasteiger partial charge in [-0.3, -0.25) is 14.5 Å². The zero-order valence-electron chi connectivity index (χ0n) is 16.6. The SMILES string of the molecule is COc1ccccc1N(C(C)=O)c1nc(COC(=O)C23CCC(=O)N2CCS3)cs1. The van der Waals surface area contributed by atoms with Crippen LogP contribution in [0.2, 0.25) is 0 Å². The van der Waals surface area contributed by atoms with Gasteiger partial charge in [0, 0.05) is 31.0 Å². The summed E-state index contributed by atoms with van der Waals surface area (Å²) >= 11 is 2.75. The number of fused-ring (bicyclic) bond motifs is 1. The van der Waals surface area contributed by atoms with Crippen molar-refractivity contribution in [3.63, 3.8) is 0 Å². The number of hydrogen-bond acceptors (Lipinski definition) is 8. The molecule has 2 aliphatic rings. The molecule has 2 aliphatic heterocycles. The van der Waals surface area contributed by atoms with E-state index in [-0.39, 0.29) is 18.4 Å². The van der Waals surface area contributed by atoms with Crippen LogP contribution in [-0.2, 0) is 25.7 Å². The molecule has 2 fully saturated rings. The predicted molar refractivity (Wildman–Crippen MR) is 114 cm³/mol. The first-order valence-corrected chi connectivity index (χ1v) is 11.3. The Labute approximate surface area is 182 Å². The first-order valence-electron chi connectivity index (χ1n) is 9.46. The molecule has 8 nitrogen and oxygen atoms in total. The highest BCUT2D eigenvalue weighted by atomic mass is 32.2. The Morgan fingerprint density at radius 3 is 2.90 bits per heavy atom. The van der Waals surface area contributed by atoms with Gasteiger partial charge in [0.05, 0.1) is 18.5 Å². The third-order valence-corrected chi connectivity index (χ3v) is 7.44. The summed E-state index contributed by atoms with van der Waals surface area (Å²) in [6.07, 6.45) is 0.846. The summed E-state index contributed by atoms with van der Waals surface area (Å²) in [7, 11) is 1.54. The molecule has 1 unspecified atom stereocenters. The molecule has 2 amide bonds. The molecule has 0 N–H and O–H groups in total. The Kier molecular flexibility index (Phi) is 5.70. The lowest BCUT2D eigenvalue weighted by Gasteiger charge is -2.28. The zero-order chi connectivity index (χ0) is 21.3. The first kappa shape index (κ1) is 20.7. The quantitative estimate of drug-likeness (QED) is 0.629. The van der Waals surface area contributed by atoms with E-state index in [0.29, 0.717) is 41.6 Å². The van der Waals surface area contributed by atoms with Crippen molar-refractivity contribution < 1.29 is 23.9 Å². The number of para-hydroxylation sites is 2. The van der Waals surface area contributed by atoms with Gasteiger partial charge in [0.15, 0.2) is 10.0 Å². The number of carbonyl (C=O) groups excluding carboxylic acids is 3. The number of carbonyl (C=O) groups is 3. The summed E-state index contributed by atoms with van der Waals surface area (Å²) in [6, 6.07) is 7.19. The fourth-order valence-electron chi connectivity index (χ4n) is 3.72. The number of thiazole rings is 1. The Balaban J connectivity index is 1.49. The van der Waals surface area contributed by atoms with Crippen LogP contribution in [0.15, 0.2) is 29.6 Å². The van der Waals surface area contributed by atoms with Crippen LogP contribution in [0.25, 0.3) is 0 Å². The number of rotatable bonds is 6. The van der Waals surface area contributed by atoms with E-state index in [1.165, 1.54) is 34.9 Å². The molecule has 3 heterocycles. The summed E-state index contributed by atoms with van der Waals surface area (Å²) in [4.78, 5) is 43.8. The third kappa shape index (κ3) is 3.54. The number of methoxy groups -OCH3 is 1. The van der Waals surface area contributed by atoms with Gasteiger partial charge < -0.3 is 14.4 Å². The molecule has 1 aromatic carbocycles. The first-order chi connectivity index (χ1) is 14.5. The monoisotopic (exact) mass is 447 g/mol. The number of nitrogens with zero attached hydrogens (tertiary/aromatic N) is 3. The number of ether oxygens (including phenoxy) is 2. The Morgan fingerprint density at radius 1 is 1.33 bits per heavy atom. The maximum Gasteiger partial charge on any atom is 0.343 e. The van der Waals surface area contributed by atoms with Crippen LogP contribution in [0.1, 0.15) is 25.5 Å². The van der Waals surface area contributed by atoms with Gasteiger partial charge in [-0.05, 0) is 18.6 Å². The minimum atomic E-state index is -0.890. The minimum Gasteiger partial charge on any atom is -0.495 e. The minimum absolute atomic E-state index is 0.00167. The molecule has 0 saturated carbocycles. The van der Waals surface area contributed by atoms with E-state index < -0.39 is 10.8 Å². The van der Waals surface area contributed by atoms with Crippen molar-refractivity contribution in [3.05, 3.63) is 35.3 Å². The second-order valence-corrected chi connectivity index (χ2v) is 9.11. The second-order valence-electron chi connectivity index (χ2n) is 6.90. The van der Waals surface area contributed by atoms with E-state index in [0.717, 1.165) is 5.75 Å². The number of aromatic nitrogens is 1. The maximum absolute atomic E-state index is 12.8. The second kappa shape index (κ2) is 8.27. The van der Waals surface area contributed by atoms with Gasteiger partial charge in [0.1, 0.15) is 12.4 Å². The average Bonchev–Trinajstić information content (AvgIpc) is 3.44. The van der Waals surface area contributed by atoms with E-state index >= 15 is 0 Å². The van der Waals surface area contributed by atoms with Crippen molar-refractivity contribution in [2.24, 2.45) is 0 Å². The molecule has 30 heavy (non-hydrogen) atoms. The lowest BCUT2D eigenvalue weighted by molar-refractivity contribution is -0.154. The Morgan fingerprint density at radius 2 is 2.13 bits per heavy atom. The van der Waals surface area contributed by atoms with E-state index in [2.05, 4.69) is 4.98 Å². The van der Waals surface area contributed by atoms with Crippen molar-refractivity contribution in [3.8, 4) is 5.75 Å². The number of esters is 1. The molecular formula is C20H21N3O5S2. The number of benzene rings is 1. The lowest BCUT2D eigenvalue weighted by Crippen LogP contribution is -2.46. The van der Waals surface area contributed by atoms with E-state index in [9.17, 15) is 14.4 Å². The standard InChI is InChI=1S/C20H21N3O5S2/c1-13(24)23(15-5-3-4-6-16(15)27-2)19-21-14(12-29-19)11-28-18(26)20-8-7-17(25)22(20)9-10-30-20/h3-6,12H,7-11H2,1-2H3. The summed E-state index contributed by atoms with van der Waals surface area (Å²) < 4.78 is 10.9. The Bertz CT molecular complexity index is 994. The number of amides is 2. The molecule has 1 aromatic heterocycles. The molecule has 0 bridgehead atoms. The largest absolute Gasteiger partial charge is 0.495 e. The van der Waals surface area contributed by atoms with Gasteiger partial charge in [-0.1, -0.05) is 12.1 Å². The average molecular weight is 448 g/mol. The fraction of sp³-hybridized carbons (Fsp3) is 0.400. The number of hydrogen-bond donors (Lipinski definition) is 0. The molecule has 0 aliphatic carbocycles. The normalized spacial score (nSPS) is 20.2. The topological polar surface area (TPSA) is 89.0 Å². The van der Waals surface area contributed by atoms with Crippen molar-refractivity contribution in [2.45, 2.75) is 31.2 Å². The molecule has 2 saturated heterocycles. The van der Waals surface area contributed by atoms with E-state index in [1.807, 2.05) is 12.1 Å². The highest BCUT2D eigenvalue weighted by Gasteiger charge is 2.55. The van der Waals surface area contributed by atoms with Crippen LogP contribution in [0.5, 0.6) is 5.75 Å². The number of thioether (sulfide) groups is 1. The molecular weight excluding hydrogens is 426 g/mol. The molecule has 10 heteroatoms. The fourth-order valence-corrected chi connectivity index (χ4v) is 5.97. The van der Waals surface area contributed by atoms with Crippen LogP contribution in [-0.4, -0.2) is 51.9 Å². The predicted octanol–water partition coefficient (Wildman–Crippen LogP) is 2.95. The third-order valence-electron chi connectivity index (χ3n) is 5.11. The molecule has 158 valence electrons. The van der Waals surface area contributed by atoms with Gasteiger partial charge in [-0.2, -0.15) is 0 Å². The van der Waals surface area contributed by atoms with Gasteiger partial charge in [-0.15, -0.1) is 23.1 Å². The van der Waals surface area contributed by atoms with Crippen molar-refractivity contribution in [2.75, 3.05) is 24.3 Å². The summed E-state index contributed by atoms with van der Waals surface area (Å²) in [5, 5.41) is 2.22. The van der Waals surface area contributed by atoms with Crippen LogP contribution >= 0.6 is 23.1 Å². The lowest BCUT2D eigenvalue weighted by atomic mass is 10.2. The van der Waals surface area contributed by atoms with E-state index in [4.69, 9.17) is 9.47 Å². The molecule has 4 rings (SSSR count). The van der Waals surface area contributed by atoms with Crippen LogP contribution in [0, 0.1) is 0 Å². The van der Waals surface area contributed by atoms with E-state index in [1.54, 1.807) is 29.5 Å². The van der Waals surface area contributed by atoms with Crippen LogP contribution in [0.4, 0.5) is 10.8 Å². The van der Waals surface area contributed by atoms with Crippen molar-refractivity contribution >= 4 is 51.7 Å².